The first-order valence-corrected chi connectivity index (χ1v) is 9.29. The minimum Gasteiger partial charge on any atom is -0.280 e. The molecule has 0 saturated heterocycles. The summed E-state index contributed by atoms with van der Waals surface area (Å²) in [5, 5.41) is 4.85. The number of aryl methyl sites for hydroxylation is 1. The SMILES string of the molecule is Cc1cc(S(=O)(=O)Nc2cccc(NS(N)(=O)=O)c2)ccc1F. The summed E-state index contributed by atoms with van der Waals surface area (Å²) in [7, 11) is -7.91. The highest BCUT2D eigenvalue weighted by Gasteiger charge is 2.16. The lowest BCUT2D eigenvalue weighted by Gasteiger charge is -2.10. The smallest absolute Gasteiger partial charge is 0.280 e. The molecule has 2 aromatic carbocycles. The molecule has 0 saturated carbocycles. The van der Waals surface area contributed by atoms with Crippen molar-refractivity contribution >= 4 is 31.6 Å². The van der Waals surface area contributed by atoms with Crippen LogP contribution in [0.4, 0.5) is 15.8 Å². The Kier molecular flexibility index (Phi) is 4.59. The van der Waals surface area contributed by atoms with Gasteiger partial charge in [0.15, 0.2) is 0 Å². The molecule has 4 N–H and O–H groups in total. The molecule has 2 rings (SSSR count). The normalized spacial score (nSPS) is 12.0. The zero-order chi connectivity index (χ0) is 17.3. The van der Waals surface area contributed by atoms with Crippen molar-refractivity contribution in [1.29, 1.82) is 0 Å². The fraction of sp³-hybridized carbons (Fsp3) is 0.0769. The van der Waals surface area contributed by atoms with Gasteiger partial charge in [0.25, 0.3) is 20.2 Å². The predicted octanol–water partition coefficient (Wildman–Crippen LogP) is 1.55. The second-order valence-corrected chi connectivity index (χ2v) is 7.72. The van der Waals surface area contributed by atoms with Crippen LogP contribution in [0.15, 0.2) is 47.4 Å². The molecular weight excluding hydrogens is 345 g/mol. The molecule has 0 amide bonds. The molecule has 0 spiro atoms. The molecule has 0 aromatic heterocycles. The van der Waals surface area contributed by atoms with Crippen LogP contribution in [0.5, 0.6) is 0 Å². The fourth-order valence-corrected chi connectivity index (χ4v) is 3.40. The van der Waals surface area contributed by atoms with Gasteiger partial charge in [0.1, 0.15) is 5.82 Å². The topological polar surface area (TPSA) is 118 Å². The maximum absolute atomic E-state index is 13.2. The maximum atomic E-state index is 13.2. The lowest BCUT2D eigenvalue weighted by Crippen LogP contribution is -2.21. The largest absolute Gasteiger partial charge is 0.296 e. The monoisotopic (exact) mass is 359 g/mol. The molecule has 0 aliphatic rings. The molecule has 2 aromatic rings. The van der Waals surface area contributed by atoms with E-state index in [9.17, 15) is 21.2 Å². The zero-order valence-electron chi connectivity index (χ0n) is 11.9. The first kappa shape index (κ1) is 17.2. The van der Waals surface area contributed by atoms with Gasteiger partial charge < -0.3 is 0 Å². The van der Waals surface area contributed by atoms with Gasteiger partial charge >= 0.3 is 0 Å². The number of nitrogens with two attached hydrogens (primary N) is 1. The van der Waals surface area contributed by atoms with E-state index in [-0.39, 0.29) is 21.8 Å². The standard InChI is InChI=1S/C13H14FN3O4S2/c1-9-7-12(5-6-13(9)14)22(18,19)16-10-3-2-4-11(8-10)17-23(15,20)21/h2-8,16-17H,1H3,(H2,15,20,21). The molecule has 10 heteroatoms. The number of nitrogens with one attached hydrogen (secondary N) is 2. The minimum atomic E-state index is -3.97. The van der Waals surface area contributed by atoms with Crippen LogP contribution >= 0.6 is 0 Å². The Bertz CT molecular complexity index is 943. The predicted molar refractivity (Wildman–Crippen MR) is 85.1 cm³/mol. The highest BCUT2D eigenvalue weighted by atomic mass is 32.2. The Hall–Kier alpha value is -2.17. The molecule has 124 valence electrons. The van der Waals surface area contributed by atoms with Crippen molar-refractivity contribution in [3.63, 3.8) is 0 Å². The lowest BCUT2D eigenvalue weighted by atomic mass is 10.2. The van der Waals surface area contributed by atoms with Crippen LogP contribution in [-0.4, -0.2) is 16.8 Å². The number of rotatable bonds is 5. The van der Waals surface area contributed by atoms with Gasteiger partial charge in [-0.1, -0.05) is 6.07 Å². The Morgan fingerprint density at radius 1 is 0.957 bits per heavy atom. The number of hydrogen-bond acceptors (Lipinski definition) is 4. The van der Waals surface area contributed by atoms with Crippen molar-refractivity contribution in [3.05, 3.63) is 53.8 Å². The second kappa shape index (κ2) is 6.14. The highest BCUT2D eigenvalue weighted by molar-refractivity contribution is 7.92. The first-order valence-electron chi connectivity index (χ1n) is 6.26. The van der Waals surface area contributed by atoms with Crippen molar-refractivity contribution in [3.8, 4) is 0 Å². The van der Waals surface area contributed by atoms with Crippen LogP contribution in [-0.2, 0) is 20.2 Å². The summed E-state index contributed by atoms with van der Waals surface area (Å²) < 4.78 is 64.0. The fourth-order valence-electron chi connectivity index (χ4n) is 1.81. The first-order chi connectivity index (χ1) is 10.6. The maximum Gasteiger partial charge on any atom is 0.296 e. The molecule has 0 bridgehead atoms. The summed E-state index contributed by atoms with van der Waals surface area (Å²) in [6.45, 7) is 1.45. The number of benzene rings is 2. The van der Waals surface area contributed by atoms with Crippen molar-refractivity contribution in [1.82, 2.24) is 0 Å². The van der Waals surface area contributed by atoms with E-state index < -0.39 is 26.0 Å². The summed E-state index contributed by atoms with van der Waals surface area (Å²) in [5.41, 5.74) is 0.418. The quantitative estimate of drug-likeness (QED) is 0.750. The van der Waals surface area contributed by atoms with Gasteiger partial charge in [-0.25, -0.2) is 17.9 Å². The molecule has 0 heterocycles. The van der Waals surface area contributed by atoms with E-state index in [0.29, 0.717) is 0 Å². The molecular formula is C13H14FN3O4S2. The Labute approximate surface area is 133 Å². The van der Waals surface area contributed by atoms with E-state index in [0.717, 1.165) is 12.1 Å². The van der Waals surface area contributed by atoms with Gasteiger partial charge in [0, 0.05) is 0 Å². The van der Waals surface area contributed by atoms with Gasteiger partial charge in [0.2, 0.25) is 0 Å². The van der Waals surface area contributed by atoms with Crippen molar-refractivity contribution in [2.75, 3.05) is 9.44 Å². The number of sulfonamides is 1. The molecule has 23 heavy (non-hydrogen) atoms. The molecule has 0 aliphatic heterocycles. The average molecular weight is 359 g/mol. The van der Waals surface area contributed by atoms with E-state index in [4.69, 9.17) is 5.14 Å². The average Bonchev–Trinajstić information content (AvgIpc) is 2.39. The third kappa shape index (κ3) is 4.65. The number of anilines is 2. The Morgan fingerprint density at radius 2 is 1.57 bits per heavy atom. The van der Waals surface area contributed by atoms with Crippen LogP contribution in [0.25, 0.3) is 0 Å². The van der Waals surface area contributed by atoms with Gasteiger partial charge in [-0.15, -0.1) is 0 Å². The third-order valence-corrected chi connectivity index (χ3v) is 4.71. The molecule has 0 atom stereocenters. The van der Waals surface area contributed by atoms with Crippen LogP contribution in [0.3, 0.4) is 0 Å². The van der Waals surface area contributed by atoms with Crippen LogP contribution in [0.2, 0.25) is 0 Å². The third-order valence-electron chi connectivity index (χ3n) is 2.81. The summed E-state index contributed by atoms with van der Waals surface area (Å²) in [4.78, 5) is -0.110. The highest BCUT2D eigenvalue weighted by Crippen LogP contribution is 2.21. The molecule has 7 nitrogen and oxygen atoms in total. The van der Waals surface area contributed by atoms with Gasteiger partial charge in [-0.3, -0.25) is 9.44 Å². The summed E-state index contributed by atoms with van der Waals surface area (Å²) >= 11 is 0. The molecule has 0 unspecified atom stereocenters. The van der Waals surface area contributed by atoms with Crippen molar-refractivity contribution < 1.29 is 21.2 Å². The van der Waals surface area contributed by atoms with Gasteiger partial charge in [-0.2, -0.15) is 8.42 Å². The summed E-state index contributed by atoms with van der Waals surface area (Å²) in [6.07, 6.45) is 0. The second-order valence-electron chi connectivity index (χ2n) is 4.74. The molecule has 0 aliphatic carbocycles. The van der Waals surface area contributed by atoms with Crippen molar-refractivity contribution in [2.45, 2.75) is 11.8 Å². The van der Waals surface area contributed by atoms with E-state index in [1.54, 1.807) is 0 Å². The van der Waals surface area contributed by atoms with Gasteiger partial charge in [0.05, 0.1) is 16.3 Å². The van der Waals surface area contributed by atoms with Crippen molar-refractivity contribution in [2.24, 2.45) is 5.14 Å². The van der Waals surface area contributed by atoms with E-state index in [1.165, 1.54) is 37.3 Å². The number of hydrogen-bond donors (Lipinski definition) is 3. The molecule has 0 fully saturated rings. The summed E-state index contributed by atoms with van der Waals surface area (Å²) in [5.74, 6) is -0.511. The molecule has 0 radical (unpaired) electrons. The van der Waals surface area contributed by atoms with Crippen LogP contribution in [0.1, 0.15) is 5.56 Å². The Morgan fingerprint density at radius 3 is 2.13 bits per heavy atom. The minimum absolute atomic E-state index is 0.1000. The lowest BCUT2D eigenvalue weighted by molar-refractivity contribution is 0.597. The Balaban J connectivity index is 2.30. The van der Waals surface area contributed by atoms with E-state index in [2.05, 4.69) is 4.72 Å². The number of halogens is 1. The van der Waals surface area contributed by atoms with E-state index >= 15 is 0 Å². The van der Waals surface area contributed by atoms with E-state index in [1.807, 2.05) is 4.72 Å². The zero-order valence-corrected chi connectivity index (χ0v) is 13.6. The van der Waals surface area contributed by atoms with Gasteiger partial charge in [-0.05, 0) is 48.9 Å². The summed E-state index contributed by atoms with van der Waals surface area (Å²) in [6, 6.07) is 8.94. The van der Waals surface area contributed by atoms with Crippen LogP contribution in [0, 0.1) is 12.7 Å². The van der Waals surface area contributed by atoms with Crippen LogP contribution < -0.4 is 14.6 Å².